The molecule has 19 heavy (non-hydrogen) atoms. The molecule has 1 heterocycles. The first kappa shape index (κ1) is 13.9. The van der Waals surface area contributed by atoms with Gasteiger partial charge in [-0.05, 0) is 42.5 Å². The number of hydrogen-bond acceptors (Lipinski definition) is 1. The van der Waals surface area contributed by atoms with Crippen molar-refractivity contribution in [1.29, 1.82) is 0 Å². The van der Waals surface area contributed by atoms with Gasteiger partial charge >= 0.3 is 6.18 Å². The number of nitrogens with zero attached hydrogens (tertiary/aromatic N) is 1. The molecule has 0 amide bonds. The first-order chi connectivity index (χ1) is 8.99. The van der Waals surface area contributed by atoms with Crippen LogP contribution in [-0.4, -0.2) is 17.3 Å². The molecule has 104 valence electrons. The highest BCUT2D eigenvalue weighted by molar-refractivity contribution is 5.80. The molecule has 1 aromatic carbocycles. The van der Waals surface area contributed by atoms with Gasteiger partial charge in [-0.15, -0.1) is 0 Å². The van der Waals surface area contributed by atoms with Gasteiger partial charge in [0.25, 0.3) is 0 Å². The zero-order valence-corrected chi connectivity index (χ0v) is 10.6. The second kappa shape index (κ2) is 5.65. The maximum Gasteiger partial charge on any atom is 0.389 e. The molecule has 0 atom stereocenters. The Morgan fingerprint density at radius 2 is 1.95 bits per heavy atom. The number of nitrogens with two attached hydrogens (primary N) is 1. The highest BCUT2D eigenvalue weighted by Gasteiger charge is 2.26. The summed E-state index contributed by atoms with van der Waals surface area (Å²) < 4.78 is 38.3. The van der Waals surface area contributed by atoms with Gasteiger partial charge in [-0.2, -0.15) is 13.2 Å². The van der Waals surface area contributed by atoms with Crippen LogP contribution in [0.4, 0.5) is 13.2 Å². The Bertz CT molecular complexity index is 543. The summed E-state index contributed by atoms with van der Waals surface area (Å²) in [5.41, 5.74) is 7.61. The number of aromatic nitrogens is 1. The average molecular weight is 270 g/mol. The van der Waals surface area contributed by atoms with Crippen molar-refractivity contribution >= 4 is 10.9 Å². The van der Waals surface area contributed by atoms with E-state index < -0.39 is 12.6 Å². The fourth-order valence-corrected chi connectivity index (χ4v) is 2.20. The summed E-state index contributed by atoms with van der Waals surface area (Å²) in [6.07, 6.45) is -2.09. The molecule has 0 unspecified atom stereocenters. The smallest absolute Gasteiger partial charge is 0.347 e. The van der Waals surface area contributed by atoms with Crippen molar-refractivity contribution in [3.63, 3.8) is 0 Å². The van der Waals surface area contributed by atoms with Gasteiger partial charge in [0.1, 0.15) is 0 Å². The highest BCUT2D eigenvalue weighted by Crippen LogP contribution is 2.23. The van der Waals surface area contributed by atoms with Gasteiger partial charge in [0.15, 0.2) is 0 Å². The van der Waals surface area contributed by atoms with Crippen molar-refractivity contribution in [2.75, 3.05) is 6.54 Å². The minimum absolute atomic E-state index is 0.106. The van der Waals surface area contributed by atoms with Crippen molar-refractivity contribution in [2.24, 2.45) is 5.73 Å². The van der Waals surface area contributed by atoms with E-state index in [2.05, 4.69) is 0 Å². The lowest BCUT2D eigenvalue weighted by Gasteiger charge is -2.08. The molecular weight excluding hydrogens is 253 g/mol. The topological polar surface area (TPSA) is 30.9 Å². The fraction of sp³-hybridized carbons (Fsp3) is 0.429. The van der Waals surface area contributed by atoms with E-state index >= 15 is 0 Å². The summed E-state index contributed by atoms with van der Waals surface area (Å²) in [5.74, 6) is 0. The summed E-state index contributed by atoms with van der Waals surface area (Å²) in [6.45, 7) is 0.954. The summed E-state index contributed by atoms with van der Waals surface area (Å²) in [6, 6.07) is 7.93. The van der Waals surface area contributed by atoms with E-state index in [1.54, 1.807) is 0 Å². The number of rotatable bonds is 5. The van der Waals surface area contributed by atoms with Crippen molar-refractivity contribution < 1.29 is 13.2 Å². The maximum absolute atomic E-state index is 12.1. The van der Waals surface area contributed by atoms with Crippen LogP contribution in [-0.2, 0) is 13.0 Å². The molecule has 0 aliphatic carbocycles. The number of benzene rings is 1. The van der Waals surface area contributed by atoms with Gasteiger partial charge in [-0.1, -0.05) is 12.1 Å². The van der Waals surface area contributed by atoms with Crippen LogP contribution in [0.1, 0.15) is 18.4 Å². The van der Waals surface area contributed by atoms with E-state index in [-0.39, 0.29) is 6.42 Å². The normalized spacial score (nSPS) is 12.2. The molecule has 0 bridgehead atoms. The maximum atomic E-state index is 12.1. The lowest BCUT2D eigenvalue weighted by molar-refractivity contribution is -0.135. The third kappa shape index (κ3) is 3.73. The SMILES string of the molecule is NCCc1ccc2ccn(CCCC(F)(F)F)c2c1. The quantitative estimate of drug-likeness (QED) is 0.886. The predicted molar refractivity (Wildman–Crippen MR) is 70.0 cm³/mol. The zero-order valence-electron chi connectivity index (χ0n) is 10.6. The number of hydrogen-bond donors (Lipinski definition) is 1. The first-order valence-electron chi connectivity index (χ1n) is 6.34. The van der Waals surface area contributed by atoms with Crippen LogP contribution in [0, 0.1) is 0 Å². The molecule has 0 aliphatic rings. The van der Waals surface area contributed by atoms with Gasteiger partial charge in [0.05, 0.1) is 0 Å². The standard InChI is InChI=1S/C14H17F3N2/c15-14(16,17)6-1-8-19-9-5-12-3-2-11(4-7-18)10-13(12)19/h2-3,5,9-10H,1,4,6-8,18H2. The van der Waals surface area contributed by atoms with Gasteiger partial charge in [-0.25, -0.2) is 0 Å². The minimum atomic E-state index is -4.08. The van der Waals surface area contributed by atoms with E-state index in [0.717, 1.165) is 22.9 Å². The molecular formula is C14H17F3N2. The molecule has 2 aromatic rings. The largest absolute Gasteiger partial charge is 0.389 e. The molecule has 0 fully saturated rings. The average Bonchev–Trinajstić information content (AvgIpc) is 2.71. The van der Waals surface area contributed by atoms with Gasteiger partial charge in [-0.3, -0.25) is 0 Å². The van der Waals surface area contributed by atoms with Crippen LogP contribution in [0.25, 0.3) is 10.9 Å². The Kier molecular flexibility index (Phi) is 4.14. The van der Waals surface area contributed by atoms with E-state index in [0.29, 0.717) is 13.1 Å². The van der Waals surface area contributed by atoms with Crippen LogP contribution < -0.4 is 5.73 Å². The summed E-state index contributed by atoms with van der Waals surface area (Å²) >= 11 is 0. The van der Waals surface area contributed by atoms with Crippen molar-refractivity contribution in [3.05, 3.63) is 36.0 Å². The molecule has 0 saturated carbocycles. The van der Waals surface area contributed by atoms with Gasteiger partial charge < -0.3 is 10.3 Å². The second-order valence-corrected chi connectivity index (χ2v) is 4.66. The lowest BCUT2D eigenvalue weighted by Crippen LogP contribution is -2.09. The molecule has 2 rings (SSSR count). The van der Waals surface area contributed by atoms with Crippen LogP contribution in [0.15, 0.2) is 30.5 Å². The Balaban J connectivity index is 2.12. The van der Waals surface area contributed by atoms with Crippen LogP contribution >= 0.6 is 0 Å². The number of alkyl halides is 3. The molecule has 2 N–H and O–H groups in total. The minimum Gasteiger partial charge on any atom is -0.347 e. The van der Waals surface area contributed by atoms with E-state index in [4.69, 9.17) is 5.73 Å². The third-order valence-electron chi connectivity index (χ3n) is 3.13. The summed E-state index contributed by atoms with van der Waals surface area (Å²) in [7, 11) is 0. The van der Waals surface area contributed by atoms with Crippen molar-refractivity contribution in [2.45, 2.75) is 32.0 Å². The number of fused-ring (bicyclic) bond motifs is 1. The van der Waals surface area contributed by atoms with Crippen LogP contribution in [0.5, 0.6) is 0 Å². The Labute approximate surface area is 110 Å². The van der Waals surface area contributed by atoms with E-state index in [1.165, 1.54) is 0 Å². The van der Waals surface area contributed by atoms with Gasteiger partial charge in [0.2, 0.25) is 0 Å². The van der Waals surface area contributed by atoms with Crippen molar-refractivity contribution in [3.8, 4) is 0 Å². The van der Waals surface area contributed by atoms with E-state index in [1.807, 2.05) is 35.0 Å². The third-order valence-corrected chi connectivity index (χ3v) is 3.13. The fourth-order valence-electron chi connectivity index (χ4n) is 2.20. The lowest BCUT2D eigenvalue weighted by atomic mass is 10.1. The summed E-state index contributed by atoms with van der Waals surface area (Å²) in [5, 5.41) is 1.05. The Morgan fingerprint density at radius 3 is 2.63 bits per heavy atom. The molecule has 2 nitrogen and oxygen atoms in total. The van der Waals surface area contributed by atoms with Crippen molar-refractivity contribution in [1.82, 2.24) is 4.57 Å². The molecule has 0 spiro atoms. The number of aryl methyl sites for hydroxylation is 1. The Hall–Kier alpha value is -1.49. The molecule has 0 saturated heterocycles. The highest BCUT2D eigenvalue weighted by atomic mass is 19.4. The molecule has 1 aromatic heterocycles. The van der Waals surface area contributed by atoms with Gasteiger partial charge in [0, 0.05) is 24.7 Å². The van der Waals surface area contributed by atoms with E-state index in [9.17, 15) is 13.2 Å². The predicted octanol–water partition coefficient (Wildman–Crippen LogP) is 3.49. The van der Waals surface area contributed by atoms with Crippen LogP contribution in [0.2, 0.25) is 0 Å². The Morgan fingerprint density at radius 1 is 1.16 bits per heavy atom. The number of halogens is 3. The monoisotopic (exact) mass is 270 g/mol. The first-order valence-corrected chi connectivity index (χ1v) is 6.34. The van der Waals surface area contributed by atoms with Crippen LogP contribution in [0.3, 0.4) is 0 Å². The molecule has 0 radical (unpaired) electrons. The second-order valence-electron chi connectivity index (χ2n) is 4.66. The molecule has 0 aliphatic heterocycles. The molecule has 5 heteroatoms. The summed E-state index contributed by atoms with van der Waals surface area (Å²) in [4.78, 5) is 0. The zero-order chi connectivity index (χ0) is 13.9.